The van der Waals surface area contributed by atoms with Crippen molar-refractivity contribution < 1.29 is 18.4 Å². The van der Waals surface area contributed by atoms with Gasteiger partial charge in [-0.25, -0.2) is 8.78 Å². The zero-order valence-corrected chi connectivity index (χ0v) is 10.3. The van der Waals surface area contributed by atoms with Gasteiger partial charge in [-0.3, -0.25) is 9.59 Å². The number of thiophene rings is 1. The van der Waals surface area contributed by atoms with E-state index in [1.807, 2.05) is 0 Å². The molecule has 0 bridgehead atoms. The van der Waals surface area contributed by atoms with Crippen molar-refractivity contribution in [3.05, 3.63) is 51.7 Å². The highest BCUT2D eigenvalue weighted by molar-refractivity contribution is 7.12. The van der Waals surface area contributed by atoms with E-state index in [0.717, 1.165) is 29.5 Å². The summed E-state index contributed by atoms with van der Waals surface area (Å²) in [4.78, 5) is 23.0. The van der Waals surface area contributed by atoms with Crippen LogP contribution in [0.2, 0.25) is 0 Å². The normalized spacial score (nSPS) is 10.2. The molecule has 0 unspecified atom stereocenters. The highest BCUT2D eigenvalue weighted by Crippen LogP contribution is 2.23. The number of halogens is 2. The Bertz CT molecular complexity index is 635. The lowest BCUT2D eigenvalue weighted by Gasteiger charge is -2.06. The molecule has 4 nitrogen and oxygen atoms in total. The molecule has 7 heteroatoms. The Morgan fingerprint density at radius 1 is 1.16 bits per heavy atom. The second-order valence-electron chi connectivity index (χ2n) is 3.58. The average Bonchev–Trinajstić information content (AvgIpc) is 2.76. The quantitative estimate of drug-likeness (QED) is 0.907. The van der Waals surface area contributed by atoms with Gasteiger partial charge in [-0.2, -0.15) is 0 Å². The van der Waals surface area contributed by atoms with Crippen LogP contribution in [-0.2, 0) is 0 Å². The smallest absolute Gasteiger partial charge is 0.261 e. The minimum atomic E-state index is -0.978. The van der Waals surface area contributed by atoms with Crippen LogP contribution in [0.4, 0.5) is 14.5 Å². The summed E-state index contributed by atoms with van der Waals surface area (Å²) in [5, 5.41) is 3.80. The summed E-state index contributed by atoms with van der Waals surface area (Å²) < 4.78 is 26.8. The first-order valence-electron chi connectivity index (χ1n) is 5.13. The molecule has 3 N–H and O–H groups in total. The lowest BCUT2D eigenvalue weighted by Crippen LogP contribution is -2.18. The zero-order chi connectivity index (χ0) is 14.0. The summed E-state index contributed by atoms with van der Waals surface area (Å²) in [5.74, 6) is -3.66. The van der Waals surface area contributed by atoms with Gasteiger partial charge in [-0.15, -0.1) is 11.3 Å². The molecule has 2 aromatic rings. The van der Waals surface area contributed by atoms with Crippen molar-refractivity contribution in [1.82, 2.24) is 0 Å². The molecule has 0 saturated carbocycles. The molecular formula is C12H8F2N2O2S. The predicted octanol–water partition coefficient (Wildman–Crippen LogP) is 2.38. The second kappa shape index (κ2) is 5.15. The van der Waals surface area contributed by atoms with Crippen molar-refractivity contribution in [2.75, 3.05) is 5.32 Å². The zero-order valence-electron chi connectivity index (χ0n) is 9.44. The van der Waals surface area contributed by atoms with Gasteiger partial charge in [0.1, 0.15) is 22.1 Å². The number of rotatable bonds is 3. The summed E-state index contributed by atoms with van der Waals surface area (Å²) in [6.45, 7) is 0. The summed E-state index contributed by atoms with van der Waals surface area (Å²) >= 11 is 1.03. The number of anilines is 1. The van der Waals surface area contributed by atoms with E-state index in [1.54, 1.807) is 0 Å². The molecule has 1 aromatic carbocycles. The van der Waals surface area contributed by atoms with Crippen LogP contribution in [0.25, 0.3) is 0 Å². The molecule has 1 aromatic heterocycles. The number of hydrogen-bond donors (Lipinski definition) is 2. The Morgan fingerprint density at radius 2 is 1.79 bits per heavy atom. The second-order valence-corrected chi connectivity index (χ2v) is 4.49. The molecule has 98 valence electrons. The summed E-state index contributed by atoms with van der Waals surface area (Å²) in [5.41, 5.74) is 4.53. The van der Waals surface area contributed by atoms with E-state index >= 15 is 0 Å². The molecule has 0 fully saturated rings. The van der Waals surface area contributed by atoms with E-state index in [4.69, 9.17) is 5.73 Å². The van der Waals surface area contributed by atoms with Crippen molar-refractivity contribution >= 4 is 28.8 Å². The van der Waals surface area contributed by atoms with Gasteiger partial charge in [-0.05, 0) is 23.6 Å². The first kappa shape index (κ1) is 13.2. The van der Waals surface area contributed by atoms with Crippen molar-refractivity contribution in [2.45, 2.75) is 0 Å². The standard InChI is InChI=1S/C12H8F2N2O2S/c13-6-2-1-3-7(14)9(6)12(18)16-8-4-5-19-10(8)11(15)17/h1-5H,(H2,15,17)(H,16,18). The Balaban J connectivity index is 2.31. The monoisotopic (exact) mass is 282 g/mol. The molecule has 0 atom stereocenters. The molecule has 0 aliphatic rings. The predicted molar refractivity (Wildman–Crippen MR) is 67.1 cm³/mol. The van der Waals surface area contributed by atoms with Crippen LogP contribution in [0.3, 0.4) is 0 Å². The van der Waals surface area contributed by atoms with Crippen LogP contribution in [0.1, 0.15) is 20.0 Å². The van der Waals surface area contributed by atoms with Crippen molar-refractivity contribution in [3.8, 4) is 0 Å². The lowest BCUT2D eigenvalue weighted by atomic mass is 10.2. The van der Waals surface area contributed by atoms with E-state index in [9.17, 15) is 18.4 Å². The number of primary amides is 1. The van der Waals surface area contributed by atoms with Gasteiger partial charge in [-0.1, -0.05) is 6.07 Å². The van der Waals surface area contributed by atoms with Crippen LogP contribution in [-0.4, -0.2) is 11.8 Å². The minimum absolute atomic E-state index is 0.116. The number of nitrogens with two attached hydrogens (primary N) is 1. The van der Waals surface area contributed by atoms with Crippen molar-refractivity contribution in [2.24, 2.45) is 5.73 Å². The minimum Gasteiger partial charge on any atom is -0.365 e. The molecule has 2 rings (SSSR count). The van der Waals surface area contributed by atoms with Crippen molar-refractivity contribution in [3.63, 3.8) is 0 Å². The van der Waals surface area contributed by atoms with Crippen molar-refractivity contribution in [1.29, 1.82) is 0 Å². The van der Waals surface area contributed by atoms with Gasteiger partial charge in [0, 0.05) is 0 Å². The van der Waals surface area contributed by atoms with Crippen LogP contribution in [0, 0.1) is 11.6 Å². The number of hydrogen-bond acceptors (Lipinski definition) is 3. The van der Waals surface area contributed by atoms with Gasteiger partial charge in [0.05, 0.1) is 5.69 Å². The van der Waals surface area contributed by atoms with Gasteiger partial charge < -0.3 is 11.1 Å². The molecule has 1 heterocycles. The number of benzene rings is 1. The van der Waals surface area contributed by atoms with Gasteiger partial charge in [0.15, 0.2) is 0 Å². The summed E-state index contributed by atoms with van der Waals surface area (Å²) in [6.07, 6.45) is 0. The van der Waals surface area contributed by atoms with E-state index in [-0.39, 0.29) is 10.6 Å². The Kier molecular flexibility index (Phi) is 3.57. The first-order chi connectivity index (χ1) is 9.00. The fourth-order valence-electron chi connectivity index (χ4n) is 1.50. The molecule has 0 aliphatic carbocycles. The van der Waals surface area contributed by atoms with Crippen LogP contribution >= 0.6 is 11.3 Å². The van der Waals surface area contributed by atoms with Crippen LogP contribution in [0.5, 0.6) is 0 Å². The average molecular weight is 282 g/mol. The van der Waals surface area contributed by atoms with Gasteiger partial charge >= 0.3 is 0 Å². The first-order valence-corrected chi connectivity index (χ1v) is 6.01. The fourth-order valence-corrected chi connectivity index (χ4v) is 2.20. The molecule has 0 spiro atoms. The SMILES string of the molecule is NC(=O)c1sccc1NC(=O)c1c(F)cccc1F. The maximum absolute atomic E-state index is 13.4. The highest BCUT2D eigenvalue weighted by atomic mass is 32.1. The number of carbonyl (C=O) groups excluding carboxylic acids is 2. The third-order valence-corrected chi connectivity index (χ3v) is 3.26. The van der Waals surface area contributed by atoms with Gasteiger partial charge in [0.25, 0.3) is 11.8 Å². The molecule has 19 heavy (non-hydrogen) atoms. The Morgan fingerprint density at radius 3 is 2.37 bits per heavy atom. The van der Waals surface area contributed by atoms with E-state index in [0.29, 0.717) is 0 Å². The Labute approximate surface area is 110 Å². The van der Waals surface area contributed by atoms with E-state index in [1.165, 1.54) is 11.4 Å². The van der Waals surface area contributed by atoms with Crippen LogP contribution < -0.4 is 11.1 Å². The summed E-state index contributed by atoms with van der Waals surface area (Å²) in [7, 11) is 0. The molecule has 0 radical (unpaired) electrons. The maximum Gasteiger partial charge on any atom is 0.261 e. The molecule has 0 aliphatic heterocycles. The third-order valence-electron chi connectivity index (χ3n) is 2.33. The van der Waals surface area contributed by atoms with E-state index in [2.05, 4.69) is 5.32 Å². The largest absolute Gasteiger partial charge is 0.365 e. The summed E-state index contributed by atoms with van der Waals surface area (Å²) in [6, 6.07) is 4.53. The third kappa shape index (κ3) is 2.60. The molecule has 0 saturated heterocycles. The topological polar surface area (TPSA) is 72.2 Å². The van der Waals surface area contributed by atoms with Gasteiger partial charge in [0.2, 0.25) is 0 Å². The lowest BCUT2D eigenvalue weighted by molar-refractivity contribution is 0.100. The number of amides is 2. The number of carbonyl (C=O) groups is 2. The van der Waals surface area contributed by atoms with E-state index < -0.39 is 29.0 Å². The Hall–Kier alpha value is -2.28. The molecular weight excluding hydrogens is 274 g/mol. The molecule has 2 amide bonds. The maximum atomic E-state index is 13.4. The highest BCUT2D eigenvalue weighted by Gasteiger charge is 2.19. The van der Waals surface area contributed by atoms with Crippen LogP contribution in [0.15, 0.2) is 29.6 Å². The number of nitrogens with one attached hydrogen (secondary N) is 1. The fraction of sp³-hybridized carbons (Fsp3) is 0.